The van der Waals surface area contributed by atoms with Crippen LogP contribution in [0.5, 0.6) is 17.6 Å². The van der Waals surface area contributed by atoms with Crippen molar-refractivity contribution in [2.75, 3.05) is 21.3 Å². The smallest absolute Gasteiger partial charge is 0.393 e. The number of benzene rings is 1. The molecule has 4 heterocycles. The van der Waals surface area contributed by atoms with Gasteiger partial charge < -0.3 is 34.1 Å². The van der Waals surface area contributed by atoms with Crippen LogP contribution in [-0.4, -0.2) is 82.3 Å². The molecular weight excluding hydrogens is 709 g/mol. The standard InChI is InChI=1S/C34H37F3N6O8S/c1-47-26-13-24(42-43-29(26)48-2)20-10-8-19(9-11-20)17-38-21-14-32(33(46,15-21)51-28(45)7-5-4-6-27(44)50-32)39-18-25-23-12-22(16-34(35,36)37)52-30(23)41-31(40-25)49-3/h8-13,21,38-39,46H,4-7,14-18H2,1-3H3/t21-,32+,33-/m1/s1. The van der Waals surface area contributed by atoms with E-state index in [-0.39, 0.29) is 59.5 Å². The number of nitrogens with zero attached hydrogens (tertiary/aromatic N) is 4. The van der Waals surface area contributed by atoms with Gasteiger partial charge in [-0.2, -0.15) is 23.1 Å². The first-order valence-corrected chi connectivity index (χ1v) is 17.2. The number of carbonyl (C=O) groups is 2. The van der Waals surface area contributed by atoms with Crippen molar-refractivity contribution < 1.29 is 51.6 Å². The highest BCUT2D eigenvalue weighted by atomic mass is 32.1. The zero-order valence-corrected chi connectivity index (χ0v) is 29.4. The lowest BCUT2D eigenvalue weighted by atomic mass is 10.0. The lowest BCUT2D eigenvalue weighted by Crippen LogP contribution is -2.63. The number of carbonyl (C=O) groups excluding carboxylic acids is 2. The molecule has 1 aromatic carbocycles. The fraction of sp³-hybridized carbons (Fsp3) is 0.471. The Kier molecular flexibility index (Phi) is 10.8. The summed E-state index contributed by atoms with van der Waals surface area (Å²) in [5, 5.41) is 27.1. The highest BCUT2D eigenvalue weighted by Crippen LogP contribution is 2.44. The summed E-state index contributed by atoms with van der Waals surface area (Å²) in [7, 11) is 4.31. The van der Waals surface area contributed by atoms with Crippen molar-refractivity contribution in [3.05, 3.63) is 52.5 Å². The Balaban J connectivity index is 1.25. The van der Waals surface area contributed by atoms with E-state index in [0.717, 1.165) is 22.5 Å². The Morgan fingerprint density at radius 3 is 2.35 bits per heavy atom. The maximum Gasteiger partial charge on any atom is 0.393 e. The van der Waals surface area contributed by atoms with Crippen molar-refractivity contribution in [3.8, 4) is 28.9 Å². The molecule has 0 spiro atoms. The van der Waals surface area contributed by atoms with Crippen LogP contribution in [0.4, 0.5) is 13.2 Å². The minimum atomic E-state index is -4.44. The second-order valence-electron chi connectivity index (χ2n) is 12.5. The van der Waals surface area contributed by atoms with Crippen LogP contribution in [0.2, 0.25) is 0 Å². The van der Waals surface area contributed by atoms with Crippen LogP contribution in [0.15, 0.2) is 36.4 Å². The number of esters is 2. The number of aromatic nitrogens is 4. The van der Waals surface area contributed by atoms with Crippen molar-refractivity contribution in [2.24, 2.45) is 0 Å². The fourth-order valence-corrected chi connectivity index (χ4v) is 7.40. The topological polar surface area (TPSA) is 176 Å². The molecule has 2 fully saturated rings. The average molecular weight is 747 g/mol. The van der Waals surface area contributed by atoms with Gasteiger partial charge in [-0.15, -0.1) is 21.5 Å². The van der Waals surface area contributed by atoms with Gasteiger partial charge in [0.2, 0.25) is 5.72 Å². The van der Waals surface area contributed by atoms with E-state index in [1.807, 2.05) is 24.3 Å². The fourth-order valence-electron chi connectivity index (χ4n) is 6.33. The van der Waals surface area contributed by atoms with Gasteiger partial charge in [0, 0.05) is 66.7 Å². The lowest BCUT2D eigenvalue weighted by molar-refractivity contribution is -0.289. The summed E-state index contributed by atoms with van der Waals surface area (Å²) in [5.74, 6) is -2.89. The number of thiophene rings is 1. The van der Waals surface area contributed by atoms with Crippen LogP contribution in [0.3, 0.4) is 0 Å². The summed E-state index contributed by atoms with van der Waals surface area (Å²) in [6, 6.07) is 9.96. The van der Waals surface area contributed by atoms with Gasteiger partial charge in [-0.1, -0.05) is 24.3 Å². The molecule has 1 saturated carbocycles. The minimum absolute atomic E-state index is 0.00140. The van der Waals surface area contributed by atoms with E-state index in [1.54, 1.807) is 6.07 Å². The number of ether oxygens (including phenoxy) is 5. The number of fused-ring (bicyclic) bond motifs is 2. The van der Waals surface area contributed by atoms with Crippen LogP contribution in [0.1, 0.15) is 54.7 Å². The third kappa shape index (κ3) is 8.19. The molecule has 1 saturated heterocycles. The molecule has 3 atom stereocenters. The molecular formula is C34H37F3N6O8S. The van der Waals surface area contributed by atoms with Gasteiger partial charge >= 0.3 is 24.1 Å². The third-order valence-electron chi connectivity index (χ3n) is 8.86. The summed E-state index contributed by atoms with van der Waals surface area (Å²) in [6.07, 6.45) is -5.04. The lowest BCUT2D eigenvalue weighted by Gasteiger charge is -2.41. The number of nitrogens with one attached hydrogen (secondary N) is 2. The molecule has 18 heteroatoms. The SMILES string of the molecule is COc1nc(CN[C@]23C[C@@H](NCc4ccc(-c5cc(OC)c(OC)nn5)cc4)C[C@@]2(O)OC(=O)CCCCC(=O)O3)c2cc(CC(F)(F)F)sc2n1. The zero-order valence-electron chi connectivity index (χ0n) is 28.5. The van der Waals surface area contributed by atoms with Crippen LogP contribution in [0, 0.1) is 0 Å². The van der Waals surface area contributed by atoms with Crippen LogP contribution < -0.4 is 24.8 Å². The van der Waals surface area contributed by atoms with Gasteiger partial charge in [0.25, 0.3) is 11.7 Å². The molecule has 0 amide bonds. The molecule has 1 aliphatic heterocycles. The summed E-state index contributed by atoms with van der Waals surface area (Å²) < 4.78 is 67.1. The summed E-state index contributed by atoms with van der Waals surface area (Å²) >= 11 is 0.855. The van der Waals surface area contributed by atoms with Gasteiger partial charge in [-0.25, -0.2) is 0 Å². The molecule has 0 unspecified atom stereocenters. The second kappa shape index (κ2) is 15.1. The highest BCUT2D eigenvalue weighted by molar-refractivity contribution is 7.18. The summed E-state index contributed by atoms with van der Waals surface area (Å²) in [5.41, 5.74) is 0.526. The predicted molar refractivity (Wildman–Crippen MR) is 179 cm³/mol. The van der Waals surface area contributed by atoms with E-state index in [9.17, 15) is 27.9 Å². The maximum atomic E-state index is 13.2. The molecule has 14 nitrogen and oxygen atoms in total. The molecule has 52 heavy (non-hydrogen) atoms. The van der Waals surface area contributed by atoms with E-state index in [4.69, 9.17) is 23.7 Å². The van der Waals surface area contributed by atoms with Crippen molar-refractivity contribution >= 4 is 33.5 Å². The average Bonchev–Trinajstić information content (AvgIpc) is 3.63. The van der Waals surface area contributed by atoms with E-state index in [1.165, 1.54) is 27.4 Å². The molecule has 1 aliphatic carbocycles. The summed E-state index contributed by atoms with van der Waals surface area (Å²) in [4.78, 5) is 34.9. The third-order valence-corrected chi connectivity index (χ3v) is 9.89. The number of alkyl halides is 3. The van der Waals surface area contributed by atoms with Crippen molar-refractivity contribution in [1.82, 2.24) is 30.8 Å². The first-order chi connectivity index (χ1) is 24.8. The van der Waals surface area contributed by atoms with Crippen LogP contribution >= 0.6 is 11.3 Å². The number of rotatable bonds is 11. The Hall–Kier alpha value is -4.65. The number of halogens is 3. The van der Waals surface area contributed by atoms with Crippen LogP contribution in [-0.2, 0) is 38.6 Å². The Morgan fingerprint density at radius 2 is 1.67 bits per heavy atom. The number of methoxy groups -OCH3 is 3. The quantitative estimate of drug-likeness (QED) is 0.185. The summed E-state index contributed by atoms with van der Waals surface area (Å²) in [6.45, 7) is 0.120. The van der Waals surface area contributed by atoms with E-state index >= 15 is 0 Å². The Labute approximate surface area is 300 Å². The first kappa shape index (κ1) is 37.1. The van der Waals surface area contributed by atoms with Gasteiger partial charge in [-0.05, 0) is 24.5 Å². The first-order valence-electron chi connectivity index (χ1n) is 16.4. The Bertz CT molecular complexity index is 1930. The highest BCUT2D eigenvalue weighted by Gasteiger charge is 2.64. The minimum Gasteiger partial charge on any atom is -0.491 e. The molecule has 6 rings (SSSR count). The largest absolute Gasteiger partial charge is 0.491 e. The molecule has 4 aromatic rings. The molecule has 3 N–H and O–H groups in total. The predicted octanol–water partition coefficient (Wildman–Crippen LogP) is 4.37. The second-order valence-corrected chi connectivity index (χ2v) is 13.6. The number of hydrogen-bond donors (Lipinski definition) is 3. The van der Waals surface area contributed by atoms with Gasteiger partial charge in [-0.3, -0.25) is 14.9 Å². The van der Waals surface area contributed by atoms with Crippen molar-refractivity contribution in [1.29, 1.82) is 0 Å². The van der Waals surface area contributed by atoms with Gasteiger partial charge in [0.15, 0.2) is 5.75 Å². The Morgan fingerprint density at radius 1 is 0.942 bits per heavy atom. The van der Waals surface area contributed by atoms with Gasteiger partial charge in [0.05, 0.1) is 39.1 Å². The van der Waals surface area contributed by atoms with Gasteiger partial charge in [0.1, 0.15) is 4.83 Å². The number of aliphatic hydroxyl groups is 1. The maximum absolute atomic E-state index is 13.2. The molecule has 3 aromatic heterocycles. The molecule has 2 aliphatic rings. The van der Waals surface area contributed by atoms with E-state index < -0.39 is 42.1 Å². The monoisotopic (exact) mass is 746 g/mol. The van der Waals surface area contributed by atoms with Crippen molar-refractivity contribution in [2.45, 2.75) is 81.8 Å². The van der Waals surface area contributed by atoms with E-state index in [0.29, 0.717) is 36.2 Å². The van der Waals surface area contributed by atoms with E-state index in [2.05, 4.69) is 30.8 Å². The normalized spacial score (nSPS) is 22.4. The molecule has 0 bridgehead atoms. The van der Waals surface area contributed by atoms with Crippen LogP contribution in [0.25, 0.3) is 21.5 Å². The van der Waals surface area contributed by atoms with Crippen molar-refractivity contribution in [3.63, 3.8) is 0 Å². The zero-order chi connectivity index (χ0) is 37.1. The molecule has 278 valence electrons. The molecule has 0 radical (unpaired) electrons. The number of hydrogen-bond acceptors (Lipinski definition) is 15.